The molecule has 0 atom stereocenters. The summed E-state index contributed by atoms with van der Waals surface area (Å²) in [5, 5.41) is 0. The van der Waals surface area contributed by atoms with Crippen LogP contribution in [0.5, 0.6) is 5.75 Å². The number of nitrogens with zero attached hydrogens (tertiary/aromatic N) is 3. The van der Waals surface area contributed by atoms with E-state index < -0.39 is 0 Å². The molecule has 0 aromatic heterocycles. The Hall–Kier alpha value is -3.38. The third kappa shape index (κ3) is 4.39. The second-order valence-corrected chi connectivity index (χ2v) is 8.22. The average molecular weight is 476 g/mol. The maximum atomic E-state index is 13.4. The number of aliphatic imine (C=N–C) groups is 1. The van der Waals surface area contributed by atoms with Crippen molar-refractivity contribution in [2.45, 2.75) is 0 Å². The molecule has 156 valence electrons. The fourth-order valence-corrected chi connectivity index (χ4v) is 3.72. The van der Waals surface area contributed by atoms with Crippen molar-refractivity contribution in [1.29, 1.82) is 0 Å². The lowest BCUT2D eigenvalue weighted by Crippen LogP contribution is -2.32. The highest BCUT2D eigenvalue weighted by Gasteiger charge is 2.32. The van der Waals surface area contributed by atoms with Crippen LogP contribution < -0.4 is 14.5 Å². The van der Waals surface area contributed by atoms with Gasteiger partial charge in [0.05, 0.1) is 12.8 Å². The van der Waals surface area contributed by atoms with E-state index in [-0.39, 0.29) is 5.91 Å². The van der Waals surface area contributed by atoms with E-state index in [0.29, 0.717) is 11.5 Å². The van der Waals surface area contributed by atoms with Gasteiger partial charge < -0.3 is 9.64 Å². The van der Waals surface area contributed by atoms with Crippen LogP contribution in [0.4, 0.5) is 11.4 Å². The van der Waals surface area contributed by atoms with Gasteiger partial charge in [-0.3, -0.25) is 9.69 Å². The van der Waals surface area contributed by atoms with E-state index in [0.717, 1.165) is 32.7 Å². The second-order valence-electron chi connectivity index (χ2n) is 7.30. The minimum atomic E-state index is -0.166. The van der Waals surface area contributed by atoms with Gasteiger partial charge in [0.1, 0.15) is 17.3 Å². The summed E-state index contributed by atoms with van der Waals surface area (Å²) in [6, 6.07) is 23.2. The van der Waals surface area contributed by atoms with Gasteiger partial charge in [0.15, 0.2) is 0 Å². The zero-order valence-corrected chi connectivity index (χ0v) is 19.1. The predicted octanol–water partition coefficient (Wildman–Crippen LogP) is 5.36. The number of hydrogen-bond acceptors (Lipinski definition) is 4. The van der Waals surface area contributed by atoms with Crippen molar-refractivity contribution in [2.75, 3.05) is 31.0 Å². The summed E-state index contributed by atoms with van der Waals surface area (Å²) in [6.45, 7) is 0. The van der Waals surface area contributed by atoms with Crippen LogP contribution in [0.3, 0.4) is 0 Å². The van der Waals surface area contributed by atoms with E-state index in [1.807, 2.05) is 97.9 Å². The van der Waals surface area contributed by atoms with Crippen molar-refractivity contribution in [3.05, 3.63) is 94.1 Å². The average Bonchev–Trinajstić information content (AvgIpc) is 3.10. The molecule has 1 amide bonds. The molecule has 0 saturated heterocycles. The SMILES string of the molecule is COc1ccc(C2=N/C(=C/c3ccc(N(C)C)cc3)C(=O)N2c2cccc(Br)c2)cc1. The molecule has 4 rings (SSSR count). The van der Waals surface area contributed by atoms with Gasteiger partial charge in [0.2, 0.25) is 0 Å². The van der Waals surface area contributed by atoms with Gasteiger partial charge in [0, 0.05) is 29.8 Å². The number of carbonyl (C=O) groups is 1. The zero-order chi connectivity index (χ0) is 22.0. The van der Waals surface area contributed by atoms with Crippen molar-refractivity contribution in [2.24, 2.45) is 4.99 Å². The Kier molecular flexibility index (Phi) is 5.91. The summed E-state index contributed by atoms with van der Waals surface area (Å²) in [6.07, 6.45) is 1.82. The fraction of sp³-hybridized carbons (Fsp3) is 0.120. The van der Waals surface area contributed by atoms with E-state index in [4.69, 9.17) is 9.73 Å². The third-order valence-electron chi connectivity index (χ3n) is 4.99. The maximum Gasteiger partial charge on any atom is 0.282 e. The van der Waals surface area contributed by atoms with Gasteiger partial charge in [-0.15, -0.1) is 0 Å². The van der Waals surface area contributed by atoms with Gasteiger partial charge in [-0.05, 0) is 66.2 Å². The largest absolute Gasteiger partial charge is 0.497 e. The normalized spacial score (nSPS) is 14.7. The van der Waals surface area contributed by atoms with Gasteiger partial charge in [0.25, 0.3) is 5.91 Å². The number of anilines is 2. The first-order valence-electron chi connectivity index (χ1n) is 9.78. The van der Waals surface area contributed by atoms with Crippen LogP contribution in [-0.4, -0.2) is 32.9 Å². The maximum absolute atomic E-state index is 13.4. The number of methoxy groups -OCH3 is 1. The molecule has 0 unspecified atom stereocenters. The lowest BCUT2D eigenvalue weighted by molar-refractivity contribution is -0.113. The first-order valence-corrected chi connectivity index (χ1v) is 10.6. The fourth-order valence-electron chi connectivity index (χ4n) is 3.33. The molecular weight excluding hydrogens is 454 g/mol. The monoisotopic (exact) mass is 475 g/mol. The van der Waals surface area contributed by atoms with E-state index in [2.05, 4.69) is 15.9 Å². The Labute approximate surface area is 190 Å². The highest BCUT2D eigenvalue weighted by atomic mass is 79.9. The third-order valence-corrected chi connectivity index (χ3v) is 5.48. The summed E-state index contributed by atoms with van der Waals surface area (Å²) in [5.41, 5.74) is 3.99. The standard InChI is InChI=1S/C25H22BrN3O2/c1-28(2)20-11-7-17(8-12-20)15-23-25(30)29(21-6-4-5-19(26)16-21)24(27-23)18-9-13-22(31-3)14-10-18/h4-16H,1-3H3/b23-15+. The van der Waals surface area contributed by atoms with Gasteiger partial charge in [-0.2, -0.15) is 0 Å². The van der Waals surface area contributed by atoms with Crippen LogP contribution >= 0.6 is 15.9 Å². The van der Waals surface area contributed by atoms with Gasteiger partial charge >= 0.3 is 0 Å². The summed E-state index contributed by atoms with van der Waals surface area (Å²) in [4.78, 5) is 21.8. The Morgan fingerprint density at radius 2 is 1.71 bits per heavy atom. The second kappa shape index (κ2) is 8.78. The van der Waals surface area contributed by atoms with Gasteiger partial charge in [-0.1, -0.05) is 34.1 Å². The molecule has 5 nitrogen and oxygen atoms in total. The van der Waals surface area contributed by atoms with Crippen LogP contribution in [0, 0.1) is 0 Å². The summed E-state index contributed by atoms with van der Waals surface area (Å²) < 4.78 is 6.16. The van der Waals surface area contributed by atoms with Crippen molar-refractivity contribution < 1.29 is 9.53 Å². The molecule has 1 aliphatic rings. The quantitative estimate of drug-likeness (QED) is 0.466. The Morgan fingerprint density at radius 1 is 1.00 bits per heavy atom. The van der Waals surface area contributed by atoms with Gasteiger partial charge in [-0.25, -0.2) is 4.99 Å². The molecule has 1 aliphatic heterocycles. The van der Waals surface area contributed by atoms with Crippen molar-refractivity contribution >= 4 is 45.1 Å². The summed E-state index contributed by atoms with van der Waals surface area (Å²) in [5.74, 6) is 1.17. The predicted molar refractivity (Wildman–Crippen MR) is 130 cm³/mol. The minimum absolute atomic E-state index is 0.166. The molecule has 0 N–H and O–H groups in total. The number of benzene rings is 3. The number of hydrogen-bond donors (Lipinski definition) is 0. The molecule has 0 radical (unpaired) electrons. The van der Waals surface area contributed by atoms with Crippen molar-refractivity contribution in [1.82, 2.24) is 0 Å². The van der Waals surface area contributed by atoms with Crippen LogP contribution in [-0.2, 0) is 4.79 Å². The highest BCUT2D eigenvalue weighted by molar-refractivity contribution is 9.10. The molecule has 0 saturated carbocycles. The van der Waals surface area contributed by atoms with E-state index in [9.17, 15) is 4.79 Å². The van der Waals surface area contributed by atoms with Crippen LogP contribution in [0.15, 0.2) is 88.0 Å². The topological polar surface area (TPSA) is 45.1 Å². The smallest absolute Gasteiger partial charge is 0.282 e. The Morgan fingerprint density at radius 3 is 2.32 bits per heavy atom. The van der Waals surface area contributed by atoms with Crippen LogP contribution in [0.1, 0.15) is 11.1 Å². The molecule has 0 aliphatic carbocycles. The summed E-state index contributed by atoms with van der Waals surface area (Å²) in [7, 11) is 5.62. The molecule has 0 bridgehead atoms. The number of halogens is 1. The highest BCUT2D eigenvalue weighted by Crippen LogP contribution is 2.30. The lowest BCUT2D eigenvalue weighted by Gasteiger charge is -2.19. The molecular formula is C25H22BrN3O2. The molecule has 0 fully saturated rings. The van der Waals surface area contributed by atoms with Crippen molar-refractivity contribution in [3.63, 3.8) is 0 Å². The number of ether oxygens (including phenoxy) is 1. The van der Waals surface area contributed by atoms with E-state index >= 15 is 0 Å². The first-order chi connectivity index (χ1) is 15.0. The molecule has 31 heavy (non-hydrogen) atoms. The number of amidine groups is 1. The molecule has 0 spiro atoms. The zero-order valence-electron chi connectivity index (χ0n) is 17.5. The Bertz CT molecular complexity index is 1170. The molecule has 6 heteroatoms. The van der Waals surface area contributed by atoms with E-state index in [1.165, 1.54) is 0 Å². The molecule has 1 heterocycles. The van der Waals surface area contributed by atoms with Crippen LogP contribution in [0.2, 0.25) is 0 Å². The summed E-state index contributed by atoms with van der Waals surface area (Å²) >= 11 is 3.50. The molecule has 3 aromatic rings. The minimum Gasteiger partial charge on any atom is -0.497 e. The molecule has 3 aromatic carbocycles. The number of carbonyl (C=O) groups excluding carboxylic acids is 1. The Balaban J connectivity index is 1.77. The number of rotatable bonds is 5. The van der Waals surface area contributed by atoms with Crippen LogP contribution in [0.25, 0.3) is 6.08 Å². The number of amides is 1. The first kappa shape index (κ1) is 20.9. The van der Waals surface area contributed by atoms with E-state index in [1.54, 1.807) is 12.0 Å². The lowest BCUT2D eigenvalue weighted by atomic mass is 10.1. The van der Waals surface area contributed by atoms with Crippen molar-refractivity contribution in [3.8, 4) is 5.75 Å².